The van der Waals surface area contributed by atoms with Crippen LogP contribution >= 0.6 is 0 Å². The third kappa shape index (κ3) is 4.13. The fourth-order valence-electron chi connectivity index (χ4n) is 2.19. The number of hydrogen-bond acceptors (Lipinski definition) is 5. The van der Waals surface area contributed by atoms with E-state index in [4.69, 9.17) is 10.5 Å². The van der Waals surface area contributed by atoms with Crippen molar-refractivity contribution in [3.8, 4) is 0 Å². The Bertz CT molecular complexity index is 601. The van der Waals surface area contributed by atoms with Crippen molar-refractivity contribution >= 4 is 15.7 Å². The molecule has 118 valence electrons. The summed E-state index contributed by atoms with van der Waals surface area (Å²) in [6.45, 7) is 5.16. The first-order valence-electron chi connectivity index (χ1n) is 6.75. The van der Waals surface area contributed by atoms with E-state index >= 15 is 0 Å². The summed E-state index contributed by atoms with van der Waals surface area (Å²) in [6, 6.07) is 2.39. The lowest BCUT2D eigenvalue weighted by Gasteiger charge is -2.26. The minimum absolute atomic E-state index is 0.0723. The summed E-state index contributed by atoms with van der Waals surface area (Å²) in [5.74, 6) is -0.622. The third-order valence-corrected chi connectivity index (χ3v) is 5.02. The van der Waals surface area contributed by atoms with Crippen LogP contribution in [0.1, 0.15) is 5.56 Å². The molecule has 0 atom stereocenters. The quantitative estimate of drug-likeness (QED) is 0.765. The molecule has 1 aliphatic rings. The topological polar surface area (TPSA) is 84.7 Å². The molecule has 1 heterocycles. The number of benzene rings is 1. The van der Waals surface area contributed by atoms with Crippen LogP contribution in [0.4, 0.5) is 10.1 Å². The molecule has 1 fully saturated rings. The Labute approximate surface area is 124 Å². The Balaban J connectivity index is 2.01. The molecule has 0 radical (unpaired) electrons. The molecular formula is C13H20FN3O3S. The summed E-state index contributed by atoms with van der Waals surface area (Å²) in [7, 11) is -3.76. The van der Waals surface area contributed by atoms with Gasteiger partial charge >= 0.3 is 0 Å². The number of hydrogen-bond donors (Lipinski definition) is 2. The van der Waals surface area contributed by atoms with Gasteiger partial charge in [-0.2, -0.15) is 0 Å². The summed E-state index contributed by atoms with van der Waals surface area (Å²) in [5.41, 5.74) is 5.68. The van der Waals surface area contributed by atoms with E-state index in [1.165, 1.54) is 13.0 Å². The summed E-state index contributed by atoms with van der Waals surface area (Å²) in [6.07, 6.45) is 0. The van der Waals surface area contributed by atoms with E-state index in [1.54, 1.807) is 0 Å². The standard InChI is InChI=1S/C13H20FN3O3S/c1-10-12(14)8-11(15)9-13(10)21(18,19)16-2-3-17-4-6-20-7-5-17/h8-9,16H,2-7,15H2,1H3. The molecule has 0 spiro atoms. The maximum absolute atomic E-state index is 13.6. The van der Waals surface area contributed by atoms with Crippen molar-refractivity contribution < 1.29 is 17.5 Å². The van der Waals surface area contributed by atoms with Gasteiger partial charge < -0.3 is 10.5 Å². The first-order valence-corrected chi connectivity index (χ1v) is 8.24. The Kier molecular flexibility index (Phi) is 5.15. The minimum Gasteiger partial charge on any atom is -0.399 e. The molecule has 1 aromatic carbocycles. The Hall–Kier alpha value is -1.22. The molecule has 3 N–H and O–H groups in total. The first kappa shape index (κ1) is 16.2. The molecule has 2 rings (SSSR count). The normalized spacial score (nSPS) is 17.0. The van der Waals surface area contributed by atoms with E-state index in [2.05, 4.69) is 9.62 Å². The van der Waals surface area contributed by atoms with Crippen LogP contribution in [0.3, 0.4) is 0 Å². The Morgan fingerprint density at radius 2 is 2.05 bits per heavy atom. The highest BCUT2D eigenvalue weighted by Crippen LogP contribution is 2.21. The lowest BCUT2D eigenvalue weighted by atomic mass is 10.2. The van der Waals surface area contributed by atoms with Crippen LogP contribution < -0.4 is 10.5 Å². The molecule has 0 amide bonds. The number of halogens is 1. The number of nitrogen functional groups attached to an aromatic ring is 1. The van der Waals surface area contributed by atoms with Crippen LogP contribution in [-0.2, 0) is 14.8 Å². The fraction of sp³-hybridized carbons (Fsp3) is 0.538. The lowest BCUT2D eigenvalue weighted by molar-refractivity contribution is 0.0390. The van der Waals surface area contributed by atoms with Crippen LogP contribution in [0, 0.1) is 12.7 Å². The molecule has 21 heavy (non-hydrogen) atoms. The molecule has 1 aliphatic heterocycles. The third-order valence-electron chi connectivity index (χ3n) is 3.43. The highest BCUT2D eigenvalue weighted by atomic mass is 32.2. The summed E-state index contributed by atoms with van der Waals surface area (Å²) in [4.78, 5) is 2.00. The van der Waals surface area contributed by atoms with Crippen LogP contribution in [-0.4, -0.2) is 52.7 Å². The second-order valence-electron chi connectivity index (χ2n) is 4.98. The van der Waals surface area contributed by atoms with Gasteiger partial charge in [0.25, 0.3) is 0 Å². The zero-order valence-electron chi connectivity index (χ0n) is 11.9. The van der Waals surface area contributed by atoms with Crippen LogP contribution in [0.2, 0.25) is 0 Å². The number of sulfonamides is 1. The molecule has 0 aliphatic carbocycles. The van der Waals surface area contributed by atoms with Gasteiger partial charge in [0, 0.05) is 37.4 Å². The van der Waals surface area contributed by atoms with E-state index in [9.17, 15) is 12.8 Å². The number of nitrogens with zero attached hydrogens (tertiary/aromatic N) is 1. The lowest BCUT2D eigenvalue weighted by Crippen LogP contribution is -2.41. The van der Waals surface area contributed by atoms with Crippen molar-refractivity contribution in [2.24, 2.45) is 0 Å². The molecule has 0 saturated carbocycles. The maximum Gasteiger partial charge on any atom is 0.241 e. The Morgan fingerprint density at radius 1 is 1.38 bits per heavy atom. The van der Waals surface area contributed by atoms with Crippen LogP contribution in [0.25, 0.3) is 0 Å². The highest BCUT2D eigenvalue weighted by Gasteiger charge is 2.20. The second-order valence-corrected chi connectivity index (χ2v) is 6.71. The average Bonchev–Trinajstić information content (AvgIpc) is 2.43. The molecule has 8 heteroatoms. The molecule has 1 aromatic rings. The van der Waals surface area contributed by atoms with Gasteiger partial charge in [-0.15, -0.1) is 0 Å². The van der Waals surface area contributed by atoms with Gasteiger partial charge in [-0.3, -0.25) is 4.90 Å². The van der Waals surface area contributed by atoms with Crippen molar-refractivity contribution in [3.63, 3.8) is 0 Å². The van der Waals surface area contributed by atoms with Crippen LogP contribution in [0.5, 0.6) is 0 Å². The fourth-order valence-corrected chi connectivity index (χ4v) is 3.50. The second kappa shape index (κ2) is 6.69. The molecule has 6 nitrogen and oxygen atoms in total. The highest BCUT2D eigenvalue weighted by molar-refractivity contribution is 7.89. The van der Waals surface area contributed by atoms with Crippen molar-refractivity contribution in [2.75, 3.05) is 45.1 Å². The molecule has 0 aromatic heterocycles. The van der Waals surface area contributed by atoms with Crippen LogP contribution in [0.15, 0.2) is 17.0 Å². The van der Waals surface area contributed by atoms with Crippen molar-refractivity contribution in [1.82, 2.24) is 9.62 Å². The van der Waals surface area contributed by atoms with Gasteiger partial charge in [0.05, 0.1) is 18.1 Å². The summed E-state index contributed by atoms with van der Waals surface area (Å²) >= 11 is 0. The van der Waals surface area contributed by atoms with Gasteiger partial charge in [0.2, 0.25) is 10.0 Å². The summed E-state index contributed by atoms with van der Waals surface area (Å²) in [5, 5.41) is 0. The van der Waals surface area contributed by atoms with Crippen molar-refractivity contribution in [2.45, 2.75) is 11.8 Å². The van der Waals surface area contributed by atoms with Gasteiger partial charge in [0.15, 0.2) is 0 Å². The number of nitrogens with two attached hydrogens (primary N) is 1. The number of nitrogens with one attached hydrogen (secondary N) is 1. The molecular weight excluding hydrogens is 297 g/mol. The maximum atomic E-state index is 13.6. The predicted octanol–water partition coefficient (Wildman–Crippen LogP) is 0.327. The van der Waals surface area contributed by atoms with E-state index < -0.39 is 15.8 Å². The smallest absolute Gasteiger partial charge is 0.241 e. The first-order chi connectivity index (χ1) is 9.90. The van der Waals surface area contributed by atoms with E-state index in [0.29, 0.717) is 19.8 Å². The predicted molar refractivity (Wildman–Crippen MR) is 78.0 cm³/mol. The number of rotatable bonds is 5. The number of anilines is 1. The zero-order chi connectivity index (χ0) is 15.5. The zero-order valence-corrected chi connectivity index (χ0v) is 12.7. The number of morpholine rings is 1. The number of ether oxygens (including phenoxy) is 1. The van der Waals surface area contributed by atoms with Gasteiger partial charge in [-0.1, -0.05) is 0 Å². The van der Waals surface area contributed by atoms with Gasteiger partial charge in [-0.25, -0.2) is 17.5 Å². The van der Waals surface area contributed by atoms with Crippen molar-refractivity contribution in [1.29, 1.82) is 0 Å². The largest absolute Gasteiger partial charge is 0.399 e. The molecule has 0 bridgehead atoms. The van der Waals surface area contributed by atoms with Gasteiger partial charge in [0.1, 0.15) is 5.82 Å². The SMILES string of the molecule is Cc1c(F)cc(N)cc1S(=O)(=O)NCCN1CCOCC1. The minimum atomic E-state index is -3.76. The summed E-state index contributed by atoms with van der Waals surface area (Å²) < 4.78 is 45.7. The molecule has 1 saturated heterocycles. The monoisotopic (exact) mass is 317 g/mol. The Morgan fingerprint density at radius 3 is 2.71 bits per heavy atom. The van der Waals surface area contributed by atoms with E-state index in [-0.39, 0.29) is 22.7 Å². The van der Waals surface area contributed by atoms with Gasteiger partial charge in [-0.05, 0) is 19.1 Å². The molecule has 0 unspecified atom stereocenters. The van der Waals surface area contributed by atoms with Crippen molar-refractivity contribution in [3.05, 3.63) is 23.5 Å². The van der Waals surface area contributed by atoms with E-state index in [1.807, 2.05) is 0 Å². The average molecular weight is 317 g/mol. The van der Waals surface area contributed by atoms with E-state index in [0.717, 1.165) is 19.2 Å².